The zero-order chi connectivity index (χ0) is 26.4. The van der Waals surface area contributed by atoms with Gasteiger partial charge in [-0.3, -0.25) is 0 Å². The summed E-state index contributed by atoms with van der Waals surface area (Å²) in [5.74, 6) is 1.06. The Morgan fingerprint density at radius 1 is 0.361 bits per heavy atom. The Bertz CT molecular complexity index is 394. The van der Waals surface area contributed by atoms with Crippen LogP contribution in [0.1, 0.15) is 168 Å². The fraction of sp³-hybridized carbons (Fsp3) is 1.00. The van der Waals surface area contributed by atoms with Gasteiger partial charge in [-0.05, 0) is 39.4 Å². The summed E-state index contributed by atoms with van der Waals surface area (Å²) < 4.78 is 17.9. The zero-order valence-corrected chi connectivity index (χ0v) is 26.9. The third kappa shape index (κ3) is 24.8. The number of rotatable bonds is 31. The minimum Gasteiger partial charge on any atom is -0.374 e. The van der Waals surface area contributed by atoms with Crippen LogP contribution < -0.4 is 0 Å². The monoisotopic (exact) mass is 546 g/mol. The van der Waals surface area contributed by atoms with Crippen LogP contribution in [-0.2, 0) is 13.3 Å². The molecule has 3 nitrogen and oxygen atoms in total. The second-order valence-electron chi connectivity index (χ2n) is 10.6. The molecule has 0 rings (SSSR count). The van der Waals surface area contributed by atoms with Gasteiger partial charge in [0.2, 0.25) is 0 Å². The molecule has 0 radical (unpaired) electrons. The van der Waals surface area contributed by atoms with Gasteiger partial charge < -0.3 is 13.3 Å². The van der Waals surface area contributed by atoms with E-state index >= 15 is 0 Å². The topological polar surface area (TPSA) is 27.7 Å². The lowest BCUT2D eigenvalue weighted by Crippen LogP contribution is -2.45. The van der Waals surface area contributed by atoms with Crippen LogP contribution in [0.25, 0.3) is 0 Å². The van der Waals surface area contributed by atoms with E-state index in [1.807, 2.05) is 20.8 Å². The van der Waals surface area contributed by atoms with E-state index < -0.39 is 8.80 Å². The van der Waals surface area contributed by atoms with Crippen LogP contribution in [0.4, 0.5) is 0 Å². The molecule has 5 heteroatoms. The van der Waals surface area contributed by atoms with Crippen molar-refractivity contribution in [3.63, 3.8) is 0 Å². The Hall–Kier alpha value is 0.447. The van der Waals surface area contributed by atoms with Gasteiger partial charge in [0.05, 0.1) is 0 Å². The van der Waals surface area contributed by atoms with Crippen molar-refractivity contribution in [2.45, 2.75) is 174 Å². The average molecular weight is 547 g/mol. The third-order valence-electron chi connectivity index (χ3n) is 7.23. The van der Waals surface area contributed by atoms with Crippen molar-refractivity contribution in [2.24, 2.45) is 0 Å². The summed E-state index contributed by atoms with van der Waals surface area (Å²) >= 11 is 4.28. The molecular weight excluding hydrogens is 480 g/mol. The summed E-state index contributed by atoms with van der Waals surface area (Å²) in [5.41, 5.74) is 0. The molecule has 0 aromatic carbocycles. The molecule has 0 atom stereocenters. The smallest absolute Gasteiger partial charge is 0.374 e. The first-order valence-electron chi connectivity index (χ1n) is 16.3. The fourth-order valence-electron chi connectivity index (χ4n) is 5.17. The van der Waals surface area contributed by atoms with Crippen LogP contribution in [0.5, 0.6) is 0 Å². The molecule has 0 heterocycles. The number of unbranched alkanes of at least 4 members (excludes halogenated alkanes) is 22. The second kappa shape index (κ2) is 30.0. The predicted octanol–water partition coefficient (Wildman–Crippen LogP) is 10.9. The third-order valence-corrected chi connectivity index (χ3v) is 10.7. The number of thiol groups is 1. The Morgan fingerprint density at radius 2 is 0.583 bits per heavy atom. The van der Waals surface area contributed by atoms with Crippen molar-refractivity contribution in [3.05, 3.63) is 0 Å². The molecule has 0 aromatic heterocycles. The highest BCUT2D eigenvalue weighted by Gasteiger charge is 2.39. The molecule has 0 saturated carbocycles. The van der Waals surface area contributed by atoms with Crippen molar-refractivity contribution in [1.82, 2.24) is 0 Å². The van der Waals surface area contributed by atoms with Crippen molar-refractivity contribution in [1.29, 1.82) is 0 Å². The Labute approximate surface area is 234 Å². The van der Waals surface area contributed by atoms with Gasteiger partial charge in [-0.1, -0.05) is 135 Å². The SMILES string of the molecule is CCO[Si](CCCCCCCCCCCCCCCCCCCCCCCCCS)(OCC)OCC. The number of hydrogen-bond acceptors (Lipinski definition) is 4. The second-order valence-corrected chi connectivity index (χ2v) is 13.8. The van der Waals surface area contributed by atoms with Gasteiger partial charge in [0.25, 0.3) is 0 Å². The molecule has 0 unspecified atom stereocenters. The molecule has 0 aliphatic heterocycles. The van der Waals surface area contributed by atoms with Gasteiger partial charge in [0.15, 0.2) is 0 Å². The summed E-state index contributed by atoms with van der Waals surface area (Å²) in [6.45, 7) is 8.17. The number of hydrogen-bond donors (Lipinski definition) is 1. The molecule has 0 aromatic rings. The Kier molecular flexibility index (Phi) is 30.4. The van der Waals surface area contributed by atoms with Crippen molar-refractivity contribution < 1.29 is 13.3 Å². The predicted molar refractivity (Wildman–Crippen MR) is 165 cm³/mol. The molecule has 36 heavy (non-hydrogen) atoms. The quantitative estimate of drug-likeness (QED) is 0.0532. The van der Waals surface area contributed by atoms with Crippen LogP contribution in [0.2, 0.25) is 6.04 Å². The van der Waals surface area contributed by atoms with E-state index in [9.17, 15) is 0 Å². The van der Waals surface area contributed by atoms with E-state index in [1.165, 1.54) is 148 Å². The molecule has 0 N–H and O–H groups in total. The summed E-state index contributed by atoms with van der Waals surface area (Å²) in [7, 11) is -2.42. The summed E-state index contributed by atoms with van der Waals surface area (Å²) in [6, 6.07) is 0.972. The normalized spacial score (nSPS) is 12.0. The van der Waals surface area contributed by atoms with Crippen LogP contribution >= 0.6 is 12.6 Å². The van der Waals surface area contributed by atoms with E-state index in [2.05, 4.69) is 12.6 Å². The zero-order valence-electron chi connectivity index (χ0n) is 25.0. The molecule has 0 aliphatic carbocycles. The maximum Gasteiger partial charge on any atom is 0.500 e. The molecule has 0 aliphatic rings. The van der Waals surface area contributed by atoms with Gasteiger partial charge in [-0.25, -0.2) is 0 Å². The minimum atomic E-state index is -2.42. The average Bonchev–Trinajstić information content (AvgIpc) is 2.87. The largest absolute Gasteiger partial charge is 0.500 e. The van der Waals surface area contributed by atoms with Gasteiger partial charge in [-0.15, -0.1) is 0 Å². The first-order chi connectivity index (χ1) is 17.7. The van der Waals surface area contributed by atoms with Crippen LogP contribution in [0.15, 0.2) is 0 Å². The van der Waals surface area contributed by atoms with E-state index in [4.69, 9.17) is 13.3 Å². The Morgan fingerprint density at radius 3 is 0.806 bits per heavy atom. The van der Waals surface area contributed by atoms with Crippen molar-refractivity contribution in [2.75, 3.05) is 25.6 Å². The highest BCUT2D eigenvalue weighted by Crippen LogP contribution is 2.21. The molecule has 0 bridgehead atoms. The highest BCUT2D eigenvalue weighted by atomic mass is 32.1. The van der Waals surface area contributed by atoms with E-state index in [1.54, 1.807) is 0 Å². The van der Waals surface area contributed by atoms with E-state index in [0.717, 1.165) is 11.8 Å². The summed E-state index contributed by atoms with van der Waals surface area (Å²) in [6.07, 6.45) is 32.5. The molecule has 0 spiro atoms. The lowest BCUT2D eigenvalue weighted by Gasteiger charge is -2.28. The maximum atomic E-state index is 5.96. The van der Waals surface area contributed by atoms with Gasteiger partial charge >= 0.3 is 8.80 Å². The van der Waals surface area contributed by atoms with Crippen molar-refractivity contribution in [3.8, 4) is 0 Å². The molecule has 218 valence electrons. The van der Waals surface area contributed by atoms with Crippen LogP contribution in [0.3, 0.4) is 0 Å². The van der Waals surface area contributed by atoms with E-state index in [-0.39, 0.29) is 0 Å². The minimum absolute atomic E-state index is 0.685. The summed E-state index contributed by atoms with van der Waals surface area (Å²) in [4.78, 5) is 0. The lowest BCUT2D eigenvalue weighted by molar-refractivity contribution is 0.0706. The van der Waals surface area contributed by atoms with Crippen molar-refractivity contribution >= 4 is 21.4 Å². The van der Waals surface area contributed by atoms with Gasteiger partial charge in [0, 0.05) is 25.9 Å². The summed E-state index contributed by atoms with van der Waals surface area (Å²) in [5, 5.41) is 0. The first kappa shape index (κ1) is 36.4. The van der Waals surface area contributed by atoms with Gasteiger partial charge in [0.1, 0.15) is 0 Å². The first-order valence-corrected chi connectivity index (χ1v) is 18.8. The molecule has 0 fully saturated rings. The van der Waals surface area contributed by atoms with Gasteiger partial charge in [-0.2, -0.15) is 12.6 Å². The molecule has 0 amide bonds. The van der Waals surface area contributed by atoms with Crippen LogP contribution in [0, 0.1) is 0 Å². The standard InChI is InChI=1S/C31H66O3SSi/c1-4-32-36(33-5-2,34-6-3)31-29-27-25-23-21-19-17-15-13-11-9-7-8-10-12-14-16-18-20-22-24-26-28-30-35/h35H,4-31H2,1-3H3. The fourth-order valence-corrected chi connectivity index (χ4v) is 8.08. The molecular formula is C31H66O3SSi. The van der Waals surface area contributed by atoms with Crippen LogP contribution in [-0.4, -0.2) is 34.4 Å². The highest BCUT2D eigenvalue weighted by molar-refractivity contribution is 7.80. The lowest BCUT2D eigenvalue weighted by atomic mass is 10.0. The van der Waals surface area contributed by atoms with E-state index in [0.29, 0.717) is 19.8 Å². The molecule has 0 saturated heterocycles. The Balaban J connectivity index is 3.30. The maximum absolute atomic E-state index is 5.96.